The monoisotopic (exact) mass is 557 g/mol. The van der Waals surface area contributed by atoms with E-state index < -0.39 is 0 Å². The molecule has 6 rings (SSSR count). The summed E-state index contributed by atoms with van der Waals surface area (Å²) in [5.41, 5.74) is 2.97. The molecule has 0 amide bonds. The number of nitrogens with zero attached hydrogens (tertiary/aromatic N) is 4. The summed E-state index contributed by atoms with van der Waals surface area (Å²) >= 11 is 0. The topological polar surface area (TPSA) is 98.1 Å². The summed E-state index contributed by atoms with van der Waals surface area (Å²) in [5.74, 6) is 3.35. The van der Waals surface area contributed by atoms with Gasteiger partial charge in [0.1, 0.15) is 17.5 Å². The Labute approximate surface area is 245 Å². The van der Waals surface area contributed by atoms with Crippen molar-refractivity contribution in [1.29, 1.82) is 5.26 Å². The molecule has 2 aromatic rings. The van der Waals surface area contributed by atoms with Gasteiger partial charge in [0.2, 0.25) is 5.95 Å². The fraction of sp³-hybridized carbons (Fsp3) is 0.667. The Kier molecular flexibility index (Phi) is 9.35. The van der Waals surface area contributed by atoms with E-state index in [9.17, 15) is 5.26 Å². The molecule has 8 nitrogen and oxygen atoms in total. The van der Waals surface area contributed by atoms with E-state index in [0.717, 1.165) is 50.7 Å². The molecule has 1 unspecified atom stereocenters. The maximum Gasteiger partial charge on any atom is 0.224 e. The maximum absolute atomic E-state index is 9.70. The van der Waals surface area contributed by atoms with E-state index in [1.165, 1.54) is 68.9 Å². The minimum atomic E-state index is 0.509. The molecule has 3 N–H and O–H groups in total. The van der Waals surface area contributed by atoms with E-state index in [2.05, 4.69) is 57.0 Å². The average molecular weight is 558 g/mol. The second-order valence-electron chi connectivity index (χ2n) is 12.9. The van der Waals surface area contributed by atoms with Gasteiger partial charge in [0.15, 0.2) is 0 Å². The summed E-state index contributed by atoms with van der Waals surface area (Å²) in [6.45, 7) is 7.67. The van der Waals surface area contributed by atoms with Gasteiger partial charge in [-0.2, -0.15) is 10.2 Å². The number of aromatic nitrogens is 2. The summed E-state index contributed by atoms with van der Waals surface area (Å²) in [6.07, 6.45) is 13.5. The number of nitriles is 1. The highest BCUT2D eigenvalue weighted by Gasteiger charge is 2.41. The molecule has 2 bridgehead atoms. The second kappa shape index (κ2) is 13.5. The van der Waals surface area contributed by atoms with Crippen LogP contribution in [0.25, 0.3) is 0 Å². The molecule has 8 heteroatoms. The number of hydrogen-bond donors (Lipinski definition) is 3. The minimum Gasteiger partial charge on any atom is -0.379 e. The largest absolute Gasteiger partial charge is 0.379 e. The molecule has 4 fully saturated rings. The van der Waals surface area contributed by atoms with E-state index in [1.54, 1.807) is 6.20 Å². The van der Waals surface area contributed by atoms with E-state index in [0.29, 0.717) is 41.9 Å². The van der Waals surface area contributed by atoms with Crippen molar-refractivity contribution in [2.24, 2.45) is 17.8 Å². The van der Waals surface area contributed by atoms with Crippen LogP contribution >= 0.6 is 0 Å². The molecule has 3 aliphatic carbocycles. The van der Waals surface area contributed by atoms with Crippen LogP contribution in [0.5, 0.6) is 0 Å². The Morgan fingerprint density at radius 2 is 1.76 bits per heavy atom. The number of hydrogen-bond acceptors (Lipinski definition) is 8. The number of benzene rings is 1. The van der Waals surface area contributed by atoms with Crippen LogP contribution in [0.4, 0.5) is 11.8 Å². The predicted octanol–water partition coefficient (Wildman–Crippen LogP) is 5.11. The van der Waals surface area contributed by atoms with E-state index in [1.807, 2.05) is 6.07 Å². The molecule has 3 saturated carbocycles. The van der Waals surface area contributed by atoms with Crippen molar-refractivity contribution in [2.45, 2.75) is 89.4 Å². The summed E-state index contributed by atoms with van der Waals surface area (Å²) in [6, 6.07) is 12.7. The number of aryl methyl sites for hydroxylation is 1. The Morgan fingerprint density at radius 3 is 2.49 bits per heavy atom. The van der Waals surface area contributed by atoms with Gasteiger partial charge in [-0.05, 0) is 87.2 Å². The van der Waals surface area contributed by atoms with Crippen LogP contribution in [0.3, 0.4) is 0 Å². The minimum absolute atomic E-state index is 0.509. The maximum atomic E-state index is 9.70. The Bertz CT molecular complexity index is 1170. The van der Waals surface area contributed by atoms with Gasteiger partial charge in [-0.3, -0.25) is 4.90 Å². The number of nitrogens with one attached hydrogen (secondary N) is 3. The highest BCUT2D eigenvalue weighted by atomic mass is 16.5. The quantitative estimate of drug-likeness (QED) is 0.391. The standard InChI is InChI=1S/C33H47N7O/c1-23-5-2-3-6-27(23)21-36-33-37-22-28(19-34)32(39-33)35-20-24-17-25-7-4-8-26(18-24)31(25)38-29-9-11-30(12-10-29)40-13-15-41-16-14-40/h2-3,5-6,22,24-26,29-31,38H,4,7-18,20-21H2,1H3,(H2,35,36,37,39)/t24?,25-,26+,29-,30+,31-. The Balaban J connectivity index is 1.01. The summed E-state index contributed by atoms with van der Waals surface area (Å²) in [5, 5.41) is 20.8. The van der Waals surface area contributed by atoms with Gasteiger partial charge in [-0.1, -0.05) is 30.7 Å². The zero-order chi connectivity index (χ0) is 28.0. The number of anilines is 2. The van der Waals surface area contributed by atoms with Crippen LogP contribution in [-0.4, -0.2) is 65.8 Å². The second-order valence-corrected chi connectivity index (χ2v) is 12.9. The lowest BCUT2D eigenvalue weighted by molar-refractivity contribution is 0.00414. The van der Waals surface area contributed by atoms with Gasteiger partial charge in [-0.25, -0.2) is 4.98 Å². The van der Waals surface area contributed by atoms with Gasteiger partial charge in [0, 0.05) is 44.3 Å². The van der Waals surface area contributed by atoms with E-state index >= 15 is 0 Å². The van der Waals surface area contributed by atoms with E-state index in [4.69, 9.17) is 9.72 Å². The molecule has 1 aromatic heterocycles. The summed E-state index contributed by atoms with van der Waals surface area (Å²) < 4.78 is 5.57. The van der Waals surface area contributed by atoms with E-state index in [-0.39, 0.29) is 0 Å². The first-order chi connectivity index (χ1) is 20.2. The molecule has 41 heavy (non-hydrogen) atoms. The van der Waals surface area contributed by atoms with Crippen molar-refractivity contribution in [3.05, 3.63) is 47.2 Å². The highest BCUT2D eigenvalue weighted by Crippen LogP contribution is 2.43. The lowest BCUT2D eigenvalue weighted by Crippen LogP contribution is -2.54. The van der Waals surface area contributed by atoms with Crippen molar-refractivity contribution in [3.63, 3.8) is 0 Å². The zero-order valence-electron chi connectivity index (χ0n) is 24.7. The third kappa shape index (κ3) is 7.02. The number of morpholine rings is 1. The molecule has 0 spiro atoms. The van der Waals surface area contributed by atoms with Gasteiger partial charge < -0.3 is 20.7 Å². The molecule has 1 saturated heterocycles. The third-order valence-electron chi connectivity index (χ3n) is 10.3. The third-order valence-corrected chi connectivity index (χ3v) is 10.3. The zero-order valence-corrected chi connectivity index (χ0v) is 24.7. The highest BCUT2D eigenvalue weighted by molar-refractivity contribution is 5.53. The lowest BCUT2D eigenvalue weighted by Gasteiger charge is -2.48. The van der Waals surface area contributed by atoms with Crippen molar-refractivity contribution < 1.29 is 4.74 Å². The molecule has 4 atom stereocenters. The molecular formula is C33H47N7O. The number of rotatable bonds is 9. The smallest absolute Gasteiger partial charge is 0.224 e. The molecule has 2 heterocycles. The molecule has 1 aliphatic heterocycles. The SMILES string of the molecule is Cc1ccccc1CNc1ncc(C#N)c(NCC2C[C@H]3CCC[C@@H](C2)[C@@H]3N[C@H]2CC[C@@H](N3CCOCC3)CC2)n1. The Morgan fingerprint density at radius 1 is 1.00 bits per heavy atom. The van der Waals surface area contributed by atoms with Gasteiger partial charge >= 0.3 is 0 Å². The van der Waals surface area contributed by atoms with Crippen molar-refractivity contribution in [2.75, 3.05) is 43.5 Å². The van der Waals surface area contributed by atoms with Crippen molar-refractivity contribution in [1.82, 2.24) is 20.2 Å². The molecule has 0 radical (unpaired) electrons. The van der Waals surface area contributed by atoms with Gasteiger partial charge in [-0.15, -0.1) is 0 Å². The van der Waals surface area contributed by atoms with Gasteiger partial charge in [0.05, 0.1) is 19.4 Å². The van der Waals surface area contributed by atoms with Crippen LogP contribution in [0.2, 0.25) is 0 Å². The van der Waals surface area contributed by atoms with Crippen LogP contribution in [0.15, 0.2) is 30.5 Å². The van der Waals surface area contributed by atoms with Crippen LogP contribution in [0, 0.1) is 36.0 Å². The van der Waals surface area contributed by atoms with Crippen LogP contribution in [-0.2, 0) is 11.3 Å². The summed E-state index contributed by atoms with van der Waals surface area (Å²) in [7, 11) is 0. The number of ether oxygens (including phenoxy) is 1. The van der Waals surface area contributed by atoms with Crippen LogP contribution in [0.1, 0.15) is 74.5 Å². The first-order valence-electron chi connectivity index (χ1n) is 16.0. The first-order valence-corrected chi connectivity index (χ1v) is 16.0. The van der Waals surface area contributed by atoms with Gasteiger partial charge in [0.25, 0.3) is 0 Å². The first kappa shape index (κ1) is 28.4. The molecular weight excluding hydrogens is 510 g/mol. The summed E-state index contributed by atoms with van der Waals surface area (Å²) in [4.78, 5) is 11.8. The average Bonchev–Trinajstić information content (AvgIpc) is 3.00. The van der Waals surface area contributed by atoms with Crippen molar-refractivity contribution in [3.8, 4) is 6.07 Å². The molecule has 1 aromatic carbocycles. The predicted molar refractivity (Wildman–Crippen MR) is 163 cm³/mol. The molecule has 4 aliphatic rings. The fourth-order valence-electron chi connectivity index (χ4n) is 8.04. The van der Waals surface area contributed by atoms with Crippen molar-refractivity contribution >= 4 is 11.8 Å². The molecule has 220 valence electrons. The Hall–Kier alpha value is -2.73. The fourth-order valence-corrected chi connectivity index (χ4v) is 8.04. The van der Waals surface area contributed by atoms with Crippen LogP contribution < -0.4 is 16.0 Å². The lowest BCUT2D eigenvalue weighted by atomic mass is 9.64. The normalized spacial score (nSPS) is 30.3. The number of fused-ring (bicyclic) bond motifs is 2.